The minimum absolute atomic E-state index is 0.00912. The Hall–Kier alpha value is -3.66. The maximum atomic E-state index is 14.2. The van der Waals surface area contributed by atoms with E-state index < -0.39 is 28.5 Å². The van der Waals surface area contributed by atoms with Crippen LogP contribution in [0, 0.1) is 0 Å². The fourth-order valence-electron chi connectivity index (χ4n) is 4.36. The van der Waals surface area contributed by atoms with E-state index in [1.54, 1.807) is 30.3 Å². The minimum Gasteiger partial charge on any atom is -0.357 e. The summed E-state index contributed by atoms with van der Waals surface area (Å²) in [5, 5.41) is 3.07. The number of hydrogen-bond acceptors (Lipinski definition) is 4. The second-order valence-electron chi connectivity index (χ2n) is 9.27. The van der Waals surface area contributed by atoms with Gasteiger partial charge >= 0.3 is 0 Å². The van der Waals surface area contributed by atoms with Crippen LogP contribution in [0.2, 0.25) is 5.02 Å². The number of likely N-dealkylation sites (N-methyl/N-ethyl adjacent to an activating group) is 1. The number of hydrogen-bond donors (Lipinski definition) is 1. The van der Waals surface area contributed by atoms with Gasteiger partial charge in [-0.3, -0.25) is 13.9 Å². The van der Waals surface area contributed by atoms with Crippen LogP contribution >= 0.6 is 27.5 Å². The molecule has 0 aromatic heterocycles. The van der Waals surface area contributed by atoms with Gasteiger partial charge in [-0.2, -0.15) is 0 Å². The standard InChI is InChI=1S/C31H29BrClN3O4S/c1-34-31(38)29(20-23-8-4-2-5-9-23)35(21-24-12-14-25(32)15-13-24)30(37)22-36(27-10-6-3-7-11-27)41(39,40)28-18-16-26(33)17-19-28/h2-19,29H,20-22H2,1H3,(H,34,38)/t29-/m1/s1. The molecular formula is C31H29BrClN3O4S. The molecule has 4 aromatic rings. The summed E-state index contributed by atoms with van der Waals surface area (Å²) in [6.45, 7) is -0.422. The predicted octanol–water partition coefficient (Wildman–Crippen LogP) is 5.68. The molecule has 0 unspecified atom stereocenters. The summed E-state index contributed by atoms with van der Waals surface area (Å²) < 4.78 is 29.7. The number of nitrogens with one attached hydrogen (secondary N) is 1. The summed E-state index contributed by atoms with van der Waals surface area (Å²) in [4.78, 5) is 28.9. The van der Waals surface area contributed by atoms with Crippen LogP contribution in [0.3, 0.4) is 0 Å². The zero-order valence-electron chi connectivity index (χ0n) is 22.3. The molecule has 0 radical (unpaired) electrons. The number of para-hydroxylation sites is 1. The molecule has 10 heteroatoms. The Morgan fingerprint density at radius 2 is 1.41 bits per heavy atom. The summed E-state index contributed by atoms with van der Waals surface area (Å²) >= 11 is 9.43. The lowest BCUT2D eigenvalue weighted by Crippen LogP contribution is -2.53. The fourth-order valence-corrected chi connectivity index (χ4v) is 6.17. The molecule has 212 valence electrons. The van der Waals surface area contributed by atoms with Gasteiger partial charge in [-0.1, -0.05) is 88.2 Å². The smallest absolute Gasteiger partial charge is 0.264 e. The Kier molecular flexibility index (Phi) is 10.2. The molecule has 7 nitrogen and oxygen atoms in total. The molecule has 0 fully saturated rings. The SMILES string of the molecule is CNC(=O)[C@@H](Cc1ccccc1)N(Cc1ccc(Br)cc1)C(=O)CN(c1ccccc1)S(=O)(=O)c1ccc(Cl)cc1. The fraction of sp³-hybridized carbons (Fsp3) is 0.161. The van der Waals surface area contributed by atoms with Crippen molar-refractivity contribution in [1.82, 2.24) is 10.2 Å². The second-order valence-corrected chi connectivity index (χ2v) is 12.5. The third-order valence-corrected chi connectivity index (χ3v) is 9.08. The monoisotopic (exact) mass is 653 g/mol. The number of amides is 2. The maximum Gasteiger partial charge on any atom is 0.264 e. The molecule has 0 saturated carbocycles. The number of nitrogens with zero attached hydrogens (tertiary/aromatic N) is 2. The van der Waals surface area contributed by atoms with Gasteiger partial charge in [0.2, 0.25) is 11.8 Å². The largest absolute Gasteiger partial charge is 0.357 e. The van der Waals surface area contributed by atoms with Gasteiger partial charge in [0, 0.05) is 29.5 Å². The normalized spacial score (nSPS) is 11.9. The van der Waals surface area contributed by atoms with E-state index in [4.69, 9.17) is 11.6 Å². The predicted molar refractivity (Wildman–Crippen MR) is 165 cm³/mol. The Balaban J connectivity index is 1.76. The van der Waals surface area contributed by atoms with Crippen molar-refractivity contribution in [3.8, 4) is 0 Å². The van der Waals surface area contributed by atoms with Crippen LogP contribution in [0.5, 0.6) is 0 Å². The van der Waals surface area contributed by atoms with Crippen molar-refractivity contribution >= 4 is 55.1 Å². The molecule has 0 heterocycles. The van der Waals surface area contributed by atoms with E-state index in [1.807, 2.05) is 54.6 Å². The molecule has 4 aromatic carbocycles. The lowest BCUT2D eigenvalue weighted by Gasteiger charge is -2.33. The van der Waals surface area contributed by atoms with Gasteiger partial charge in [0.05, 0.1) is 10.6 Å². The summed E-state index contributed by atoms with van der Waals surface area (Å²) in [5.41, 5.74) is 1.97. The zero-order valence-corrected chi connectivity index (χ0v) is 25.4. The van der Waals surface area contributed by atoms with Crippen molar-refractivity contribution in [2.24, 2.45) is 0 Å². The van der Waals surface area contributed by atoms with Crippen LogP contribution in [0.15, 0.2) is 119 Å². The molecule has 2 amide bonds. The summed E-state index contributed by atoms with van der Waals surface area (Å²) in [6, 6.07) is 30.1. The quantitative estimate of drug-likeness (QED) is 0.225. The molecule has 0 bridgehead atoms. The highest BCUT2D eigenvalue weighted by atomic mass is 79.9. The number of benzene rings is 4. The summed E-state index contributed by atoms with van der Waals surface area (Å²) in [5.74, 6) is -0.884. The van der Waals surface area contributed by atoms with Gasteiger partial charge in [-0.15, -0.1) is 0 Å². The highest BCUT2D eigenvalue weighted by Crippen LogP contribution is 2.26. The first-order chi connectivity index (χ1) is 19.7. The van der Waals surface area contributed by atoms with E-state index in [1.165, 1.54) is 36.2 Å². The van der Waals surface area contributed by atoms with Crippen molar-refractivity contribution in [3.63, 3.8) is 0 Å². The van der Waals surface area contributed by atoms with Gasteiger partial charge in [0.15, 0.2) is 0 Å². The third kappa shape index (κ3) is 7.75. The average molecular weight is 655 g/mol. The molecule has 0 aliphatic carbocycles. The molecule has 4 rings (SSSR count). The van der Waals surface area contributed by atoms with E-state index in [2.05, 4.69) is 21.2 Å². The van der Waals surface area contributed by atoms with Gasteiger partial charge in [-0.25, -0.2) is 8.42 Å². The number of anilines is 1. The topological polar surface area (TPSA) is 86.8 Å². The highest BCUT2D eigenvalue weighted by molar-refractivity contribution is 9.10. The second kappa shape index (κ2) is 13.8. The number of rotatable bonds is 11. The van der Waals surface area contributed by atoms with E-state index in [9.17, 15) is 18.0 Å². The molecule has 0 aliphatic heterocycles. The third-order valence-electron chi connectivity index (χ3n) is 6.51. The first-order valence-corrected chi connectivity index (χ1v) is 15.4. The maximum absolute atomic E-state index is 14.2. The molecule has 1 atom stereocenters. The van der Waals surface area contributed by atoms with Crippen molar-refractivity contribution in [2.75, 3.05) is 17.9 Å². The summed E-state index contributed by atoms with van der Waals surface area (Å²) in [7, 11) is -2.65. The van der Waals surface area contributed by atoms with Crippen molar-refractivity contribution < 1.29 is 18.0 Å². The molecule has 0 saturated heterocycles. The van der Waals surface area contributed by atoms with Crippen LogP contribution in [0.4, 0.5) is 5.69 Å². The van der Waals surface area contributed by atoms with Crippen LogP contribution < -0.4 is 9.62 Å². The van der Waals surface area contributed by atoms with E-state index in [-0.39, 0.29) is 23.8 Å². The Bertz CT molecular complexity index is 1570. The lowest BCUT2D eigenvalue weighted by atomic mass is 10.0. The highest BCUT2D eigenvalue weighted by Gasteiger charge is 2.34. The van der Waals surface area contributed by atoms with Gasteiger partial charge in [0.25, 0.3) is 10.0 Å². The van der Waals surface area contributed by atoms with Gasteiger partial charge < -0.3 is 10.2 Å². The van der Waals surface area contributed by atoms with Crippen molar-refractivity contribution in [1.29, 1.82) is 0 Å². The number of carbonyl (C=O) groups is 2. The van der Waals surface area contributed by atoms with Crippen LogP contribution in [0.25, 0.3) is 0 Å². The van der Waals surface area contributed by atoms with Crippen molar-refractivity contribution in [2.45, 2.75) is 23.9 Å². The van der Waals surface area contributed by atoms with E-state index in [0.717, 1.165) is 19.9 Å². The Morgan fingerprint density at radius 3 is 2.00 bits per heavy atom. The first-order valence-electron chi connectivity index (χ1n) is 12.8. The Morgan fingerprint density at radius 1 is 0.829 bits per heavy atom. The van der Waals surface area contributed by atoms with Gasteiger partial charge in [0.1, 0.15) is 12.6 Å². The van der Waals surface area contributed by atoms with Crippen molar-refractivity contribution in [3.05, 3.63) is 130 Å². The molecular weight excluding hydrogens is 626 g/mol. The van der Waals surface area contributed by atoms with E-state index >= 15 is 0 Å². The number of carbonyl (C=O) groups excluding carboxylic acids is 2. The lowest BCUT2D eigenvalue weighted by molar-refractivity contribution is -0.139. The average Bonchev–Trinajstić information content (AvgIpc) is 2.99. The first kappa shape index (κ1) is 30.3. The minimum atomic E-state index is -4.17. The molecule has 1 N–H and O–H groups in total. The zero-order chi connectivity index (χ0) is 29.4. The van der Waals surface area contributed by atoms with Gasteiger partial charge in [-0.05, 0) is 59.7 Å². The van der Waals surface area contributed by atoms with E-state index in [0.29, 0.717) is 10.7 Å². The van der Waals surface area contributed by atoms with Crippen LogP contribution in [-0.4, -0.2) is 44.8 Å². The molecule has 41 heavy (non-hydrogen) atoms. The van der Waals surface area contributed by atoms with Crippen LogP contribution in [-0.2, 0) is 32.6 Å². The van der Waals surface area contributed by atoms with Crippen LogP contribution in [0.1, 0.15) is 11.1 Å². The molecule has 0 aliphatic rings. The summed E-state index contributed by atoms with van der Waals surface area (Å²) in [6.07, 6.45) is 0.248. The number of halogens is 2. The Labute approximate surface area is 253 Å². The molecule has 0 spiro atoms. The number of sulfonamides is 1.